The second-order valence-corrected chi connectivity index (χ2v) is 5.34. The number of carbonyl (C=O) groups excluding carboxylic acids is 1. The molecule has 3 rings (SSSR count). The van der Waals surface area contributed by atoms with Crippen molar-refractivity contribution < 1.29 is 10.0 Å². The molecule has 0 spiro atoms. The van der Waals surface area contributed by atoms with Gasteiger partial charge in [0.15, 0.2) is 0 Å². The van der Waals surface area contributed by atoms with Crippen molar-refractivity contribution in [1.29, 1.82) is 0 Å². The van der Waals surface area contributed by atoms with Gasteiger partial charge in [0.2, 0.25) is 0 Å². The molecule has 3 aromatic rings. The van der Waals surface area contributed by atoms with Crippen molar-refractivity contribution in [3.8, 4) is 0 Å². The quantitative estimate of drug-likeness (QED) is 0.498. The van der Waals surface area contributed by atoms with E-state index in [1.165, 1.54) is 0 Å². The van der Waals surface area contributed by atoms with Crippen LogP contribution in [0.3, 0.4) is 0 Å². The van der Waals surface area contributed by atoms with E-state index in [2.05, 4.69) is 22.4 Å². The van der Waals surface area contributed by atoms with E-state index in [9.17, 15) is 4.79 Å². The SMILES string of the molecule is Cc1cccn2c(Cc3ccccc3)c(NCC(=O)NO)nc12. The molecule has 0 atom stereocenters. The highest BCUT2D eigenvalue weighted by atomic mass is 16.5. The normalized spacial score (nSPS) is 10.7. The Kier molecular flexibility index (Phi) is 4.25. The van der Waals surface area contributed by atoms with Gasteiger partial charge in [-0.3, -0.25) is 10.0 Å². The summed E-state index contributed by atoms with van der Waals surface area (Å²) < 4.78 is 2.03. The number of anilines is 1. The van der Waals surface area contributed by atoms with Crippen molar-refractivity contribution >= 4 is 17.4 Å². The van der Waals surface area contributed by atoms with Crippen LogP contribution in [-0.2, 0) is 11.2 Å². The minimum atomic E-state index is -0.510. The zero-order valence-electron chi connectivity index (χ0n) is 12.8. The highest BCUT2D eigenvalue weighted by Crippen LogP contribution is 2.22. The molecule has 2 heterocycles. The van der Waals surface area contributed by atoms with E-state index in [4.69, 9.17) is 5.21 Å². The van der Waals surface area contributed by atoms with Crippen LogP contribution in [0.25, 0.3) is 5.65 Å². The third-order valence-corrected chi connectivity index (χ3v) is 3.70. The van der Waals surface area contributed by atoms with Gasteiger partial charge in [0.1, 0.15) is 11.5 Å². The summed E-state index contributed by atoms with van der Waals surface area (Å²) in [6, 6.07) is 14.1. The molecule has 0 aliphatic rings. The minimum Gasteiger partial charge on any atom is -0.359 e. The lowest BCUT2D eigenvalue weighted by atomic mass is 10.1. The summed E-state index contributed by atoms with van der Waals surface area (Å²) in [5.41, 5.74) is 5.65. The number of aromatic nitrogens is 2. The Morgan fingerprint density at radius 2 is 2.00 bits per heavy atom. The van der Waals surface area contributed by atoms with Crippen LogP contribution in [0.5, 0.6) is 0 Å². The molecule has 2 aromatic heterocycles. The number of fused-ring (bicyclic) bond motifs is 1. The zero-order chi connectivity index (χ0) is 16.2. The Labute approximate surface area is 133 Å². The van der Waals surface area contributed by atoms with Crippen molar-refractivity contribution in [1.82, 2.24) is 14.9 Å². The van der Waals surface area contributed by atoms with Crippen LogP contribution in [0, 0.1) is 6.92 Å². The summed E-state index contributed by atoms with van der Waals surface area (Å²) in [5, 5.41) is 11.6. The van der Waals surface area contributed by atoms with Crippen molar-refractivity contribution in [3.05, 3.63) is 65.5 Å². The highest BCUT2D eigenvalue weighted by molar-refractivity contribution is 5.79. The van der Waals surface area contributed by atoms with Crippen LogP contribution >= 0.6 is 0 Å². The number of rotatable bonds is 5. The smallest absolute Gasteiger partial charge is 0.262 e. The molecule has 0 radical (unpaired) electrons. The number of benzene rings is 1. The molecule has 0 aliphatic heterocycles. The average molecular weight is 310 g/mol. The molecule has 0 bridgehead atoms. The van der Waals surface area contributed by atoms with Gasteiger partial charge in [0.05, 0.1) is 12.2 Å². The van der Waals surface area contributed by atoms with E-state index >= 15 is 0 Å². The predicted octanol–water partition coefficient (Wildman–Crippen LogP) is 2.15. The molecule has 3 N–H and O–H groups in total. The lowest BCUT2D eigenvalue weighted by Gasteiger charge is -2.07. The van der Waals surface area contributed by atoms with Gasteiger partial charge >= 0.3 is 0 Å². The lowest BCUT2D eigenvalue weighted by Crippen LogP contribution is -2.27. The van der Waals surface area contributed by atoms with E-state index in [0.717, 1.165) is 22.5 Å². The molecule has 6 heteroatoms. The molecule has 0 saturated heterocycles. The first-order valence-electron chi connectivity index (χ1n) is 7.36. The molecular weight excluding hydrogens is 292 g/mol. The van der Waals surface area contributed by atoms with Gasteiger partial charge in [0.25, 0.3) is 5.91 Å². The van der Waals surface area contributed by atoms with Crippen LogP contribution in [0.2, 0.25) is 0 Å². The largest absolute Gasteiger partial charge is 0.359 e. The van der Waals surface area contributed by atoms with Crippen LogP contribution in [0.1, 0.15) is 16.8 Å². The molecular formula is C17H18N4O2. The fourth-order valence-corrected chi connectivity index (χ4v) is 2.56. The van der Waals surface area contributed by atoms with E-state index in [-0.39, 0.29) is 6.54 Å². The Hall–Kier alpha value is -2.86. The molecule has 0 saturated carbocycles. The van der Waals surface area contributed by atoms with Gasteiger partial charge in [0, 0.05) is 12.6 Å². The molecule has 1 aromatic carbocycles. The summed E-state index contributed by atoms with van der Waals surface area (Å²) >= 11 is 0. The molecule has 6 nitrogen and oxygen atoms in total. The monoisotopic (exact) mass is 310 g/mol. The molecule has 118 valence electrons. The number of carbonyl (C=O) groups is 1. The van der Waals surface area contributed by atoms with E-state index in [1.54, 1.807) is 5.48 Å². The number of imidazole rings is 1. The maximum Gasteiger partial charge on any atom is 0.262 e. The fourth-order valence-electron chi connectivity index (χ4n) is 2.56. The summed E-state index contributed by atoms with van der Waals surface area (Å²) in [5.74, 6) is 0.135. The standard InChI is InChI=1S/C17H18N4O2/c1-12-6-5-9-21-14(10-13-7-3-2-4-8-13)16(19-17(12)21)18-11-15(22)20-23/h2-9,18,23H,10-11H2,1H3,(H,20,22). The van der Waals surface area contributed by atoms with E-state index < -0.39 is 5.91 Å². The van der Waals surface area contributed by atoms with Gasteiger partial charge < -0.3 is 9.72 Å². The van der Waals surface area contributed by atoms with Gasteiger partial charge in [-0.1, -0.05) is 36.4 Å². The molecule has 23 heavy (non-hydrogen) atoms. The number of hydrogen-bond donors (Lipinski definition) is 3. The van der Waals surface area contributed by atoms with Gasteiger partial charge in [-0.25, -0.2) is 10.5 Å². The number of pyridine rings is 1. The maximum atomic E-state index is 11.3. The number of nitrogens with one attached hydrogen (secondary N) is 2. The first-order valence-corrected chi connectivity index (χ1v) is 7.36. The lowest BCUT2D eigenvalue weighted by molar-refractivity contribution is -0.127. The number of nitrogens with zero attached hydrogens (tertiary/aromatic N) is 2. The van der Waals surface area contributed by atoms with Crippen molar-refractivity contribution in [2.24, 2.45) is 0 Å². The van der Waals surface area contributed by atoms with E-state index in [0.29, 0.717) is 12.2 Å². The fraction of sp³-hybridized carbons (Fsp3) is 0.176. The topological polar surface area (TPSA) is 78.7 Å². The minimum absolute atomic E-state index is 0.0405. The number of amides is 1. The Bertz CT molecular complexity index is 827. The van der Waals surface area contributed by atoms with Crippen LogP contribution in [0.4, 0.5) is 5.82 Å². The Morgan fingerprint density at radius 3 is 2.74 bits per heavy atom. The molecule has 0 fully saturated rings. The van der Waals surface area contributed by atoms with Gasteiger partial charge in [-0.05, 0) is 24.1 Å². The van der Waals surface area contributed by atoms with Crippen LogP contribution < -0.4 is 10.8 Å². The summed E-state index contributed by atoms with van der Waals surface area (Å²) in [6.07, 6.45) is 2.65. The average Bonchev–Trinajstić information content (AvgIpc) is 2.93. The van der Waals surface area contributed by atoms with Gasteiger partial charge in [-0.2, -0.15) is 0 Å². The Balaban J connectivity index is 2.01. The molecule has 0 aliphatic carbocycles. The maximum absolute atomic E-state index is 11.3. The highest BCUT2D eigenvalue weighted by Gasteiger charge is 2.14. The van der Waals surface area contributed by atoms with Crippen molar-refractivity contribution in [2.45, 2.75) is 13.3 Å². The summed E-state index contributed by atoms with van der Waals surface area (Å²) in [6.45, 7) is 1.96. The zero-order valence-corrected chi connectivity index (χ0v) is 12.8. The van der Waals surface area contributed by atoms with E-state index in [1.807, 2.05) is 47.9 Å². The predicted molar refractivity (Wildman–Crippen MR) is 87.6 cm³/mol. The third kappa shape index (κ3) is 3.17. The van der Waals surface area contributed by atoms with Crippen LogP contribution in [-0.4, -0.2) is 27.0 Å². The van der Waals surface area contributed by atoms with Crippen molar-refractivity contribution in [3.63, 3.8) is 0 Å². The number of hydrogen-bond acceptors (Lipinski definition) is 4. The van der Waals surface area contributed by atoms with Crippen molar-refractivity contribution in [2.75, 3.05) is 11.9 Å². The summed E-state index contributed by atoms with van der Waals surface area (Å²) in [7, 11) is 0. The number of aryl methyl sites for hydroxylation is 1. The second-order valence-electron chi connectivity index (χ2n) is 5.34. The summed E-state index contributed by atoms with van der Waals surface area (Å²) in [4.78, 5) is 15.9. The first kappa shape index (κ1) is 15.1. The molecule has 0 unspecified atom stereocenters. The first-order chi connectivity index (χ1) is 11.2. The Morgan fingerprint density at radius 1 is 1.22 bits per heavy atom. The number of hydroxylamine groups is 1. The van der Waals surface area contributed by atoms with Crippen LogP contribution in [0.15, 0.2) is 48.7 Å². The van der Waals surface area contributed by atoms with Gasteiger partial charge in [-0.15, -0.1) is 0 Å². The molecule has 1 amide bonds. The third-order valence-electron chi connectivity index (χ3n) is 3.70. The second kappa shape index (κ2) is 6.50.